The van der Waals surface area contributed by atoms with Gasteiger partial charge in [0, 0.05) is 29.8 Å². The Kier molecular flexibility index (Phi) is 4.04. The van der Waals surface area contributed by atoms with E-state index in [1.807, 2.05) is 30.3 Å². The van der Waals surface area contributed by atoms with Gasteiger partial charge >= 0.3 is 0 Å². The van der Waals surface area contributed by atoms with E-state index in [1.54, 1.807) is 24.3 Å². The summed E-state index contributed by atoms with van der Waals surface area (Å²) < 4.78 is 15.2. The summed E-state index contributed by atoms with van der Waals surface area (Å²) in [7, 11) is 0. The monoisotopic (exact) mass is 363 g/mol. The highest BCUT2D eigenvalue weighted by Crippen LogP contribution is 2.36. The number of carbonyl (C=O) groups is 1. The second-order valence-corrected chi connectivity index (χ2v) is 6.75. The number of alkyl halides is 1. The van der Waals surface area contributed by atoms with Gasteiger partial charge in [-0.1, -0.05) is 12.1 Å². The topological polar surface area (TPSA) is 94.5 Å². The van der Waals surface area contributed by atoms with Crippen molar-refractivity contribution in [1.82, 2.24) is 4.90 Å². The maximum atomic E-state index is 15.2. The molecule has 6 nitrogen and oxygen atoms in total. The molecule has 2 aromatic carbocycles. The molecule has 0 aliphatic carbocycles. The fraction of sp³-hybridized carbons (Fsp3) is 0.250. The van der Waals surface area contributed by atoms with Gasteiger partial charge in [0.2, 0.25) is 0 Å². The number of rotatable bonds is 1. The molecule has 1 saturated heterocycles. The number of anilines is 1. The summed E-state index contributed by atoms with van der Waals surface area (Å²) in [6.45, 7) is 0.274. The van der Waals surface area contributed by atoms with Crippen molar-refractivity contribution >= 4 is 17.4 Å². The zero-order valence-electron chi connectivity index (χ0n) is 14.5. The zero-order valence-corrected chi connectivity index (χ0v) is 14.5. The number of amides is 1. The van der Waals surface area contributed by atoms with Crippen LogP contribution in [0.4, 0.5) is 10.1 Å². The standard InChI is InChI=1S/C20H18FN5O/c21-17-12-26(19(27)14-7-5-13(11-22)6-8-14)10-9-20(17)24-16-4-2-1-3-15(16)18(23)25-20/h1-8,17,24H,9-10,12H2,(H2,23,25)/t17-,20?/m0/s1. The first-order valence-electron chi connectivity index (χ1n) is 8.69. The third-order valence-electron chi connectivity index (χ3n) is 5.08. The van der Waals surface area contributed by atoms with Crippen LogP contribution in [0.1, 0.15) is 27.9 Å². The van der Waals surface area contributed by atoms with Crippen molar-refractivity contribution in [3.8, 4) is 6.07 Å². The Hall–Kier alpha value is -3.40. The highest BCUT2D eigenvalue weighted by atomic mass is 19.1. The van der Waals surface area contributed by atoms with Crippen molar-refractivity contribution in [3.05, 3.63) is 65.2 Å². The minimum atomic E-state index is -1.40. The average molecular weight is 363 g/mol. The number of likely N-dealkylation sites (tertiary alicyclic amines) is 1. The van der Waals surface area contributed by atoms with Gasteiger partial charge in [-0.3, -0.25) is 4.79 Å². The fourth-order valence-corrected chi connectivity index (χ4v) is 3.57. The Morgan fingerprint density at radius 3 is 2.74 bits per heavy atom. The molecule has 1 spiro atoms. The van der Waals surface area contributed by atoms with Crippen LogP contribution in [0.3, 0.4) is 0 Å². The first-order valence-corrected chi connectivity index (χ1v) is 8.69. The maximum Gasteiger partial charge on any atom is 0.253 e. The van der Waals surface area contributed by atoms with Crippen LogP contribution < -0.4 is 11.1 Å². The molecule has 136 valence electrons. The van der Waals surface area contributed by atoms with Crippen LogP contribution in [-0.4, -0.2) is 41.6 Å². The Balaban J connectivity index is 1.54. The number of nitrogens with one attached hydrogen (secondary N) is 1. The lowest BCUT2D eigenvalue weighted by Gasteiger charge is -2.44. The Labute approximate surface area is 156 Å². The van der Waals surface area contributed by atoms with Crippen LogP contribution in [0, 0.1) is 11.3 Å². The van der Waals surface area contributed by atoms with E-state index in [-0.39, 0.29) is 12.5 Å². The van der Waals surface area contributed by atoms with Crippen molar-refractivity contribution in [2.24, 2.45) is 10.7 Å². The van der Waals surface area contributed by atoms with Gasteiger partial charge in [-0.05, 0) is 36.4 Å². The molecule has 2 aliphatic rings. The number of hydrogen-bond acceptors (Lipinski definition) is 5. The van der Waals surface area contributed by atoms with Gasteiger partial charge in [0.1, 0.15) is 5.84 Å². The zero-order chi connectivity index (χ0) is 19.0. The number of nitriles is 1. The second kappa shape index (κ2) is 6.40. The SMILES string of the molecule is N#Cc1ccc(C(=O)N2CCC3(N=C(N)c4ccccc4N3)[C@@H](F)C2)cc1. The average Bonchev–Trinajstić information content (AvgIpc) is 2.70. The summed E-state index contributed by atoms with van der Waals surface area (Å²) in [4.78, 5) is 18.6. The smallest absolute Gasteiger partial charge is 0.253 e. The van der Waals surface area contributed by atoms with E-state index in [2.05, 4.69) is 10.3 Å². The van der Waals surface area contributed by atoms with Gasteiger partial charge in [0.15, 0.2) is 11.8 Å². The molecule has 7 heteroatoms. The minimum Gasteiger partial charge on any atom is -0.383 e. The summed E-state index contributed by atoms with van der Waals surface area (Å²) >= 11 is 0. The lowest BCUT2D eigenvalue weighted by Crippen LogP contribution is -2.59. The first kappa shape index (κ1) is 17.0. The van der Waals surface area contributed by atoms with Crippen LogP contribution >= 0.6 is 0 Å². The minimum absolute atomic E-state index is 0.0786. The molecule has 0 bridgehead atoms. The van der Waals surface area contributed by atoms with Crippen molar-refractivity contribution < 1.29 is 9.18 Å². The molecule has 2 aliphatic heterocycles. The molecule has 3 N–H and O–H groups in total. The van der Waals surface area contributed by atoms with Crippen molar-refractivity contribution in [3.63, 3.8) is 0 Å². The number of amidine groups is 1. The molecule has 1 amide bonds. The van der Waals surface area contributed by atoms with E-state index in [1.165, 1.54) is 4.90 Å². The van der Waals surface area contributed by atoms with E-state index in [0.29, 0.717) is 29.9 Å². The van der Waals surface area contributed by atoms with Gasteiger partial charge in [-0.25, -0.2) is 9.38 Å². The molecule has 4 rings (SSSR count). The highest BCUT2D eigenvalue weighted by molar-refractivity contribution is 6.04. The summed E-state index contributed by atoms with van der Waals surface area (Å²) in [6.07, 6.45) is -1.09. The summed E-state index contributed by atoms with van der Waals surface area (Å²) in [5.41, 5.74) is 7.32. The largest absolute Gasteiger partial charge is 0.383 e. The van der Waals surface area contributed by atoms with Crippen LogP contribution in [0.25, 0.3) is 0 Å². The van der Waals surface area contributed by atoms with Gasteiger partial charge < -0.3 is 16.0 Å². The number of piperidine rings is 1. The van der Waals surface area contributed by atoms with Crippen LogP contribution in [0.15, 0.2) is 53.5 Å². The number of hydrogen-bond donors (Lipinski definition) is 2. The number of aliphatic imine (C=N–C) groups is 1. The van der Waals surface area contributed by atoms with E-state index >= 15 is 4.39 Å². The predicted octanol–water partition coefficient (Wildman–Crippen LogP) is 2.27. The van der Waals surface area contributed by atoms with E-state index in [0.717, 1.165) is 11.3 Å². The van der Waals surface area contributed by atoms with Crippen LogP contribution in [0.2, 0.25) is 0 Å². The number of fused-ring (bicyclic) bond motifs is 1. The molecule has 27 heavy (non-hydrogen) atoms. The Morgan fingerprint density at radius 1 is 1.30 bits per heavy atom. The van der Waals surface area contributed by atoms with Crippen molar-refractivity contribution in [2.45, 2.75) is 18.3 Å². The number of benzene rings is 2. The van der Waals surface area contributed by atoms with E-state index < -0.39 is 11.8 Å². The summed E-state index contributed by atoms with van der Waals surface area (Å²) in [5.74, 6) is 0.0454. The Bertz CT molecular complexity index is 965. The molecule has 0 saturated carbocycles. The second-order valence-electron chi connectivity index (χ2n) is 6.75. The summed E-state index contributed by atoms with van der Waals surface area (Å²) in [5, 5.41) is 12.0. The number of carbonyl (C=O) groups excluding carboxylic acids is 1. The van der Waals surface area contributed by atoms with Crippen molar-refractivity contribution in [1.29, 1.82) is 5.26 Å². The predicted molar refractivity (Wildman–Crippen MR) is 100 cm³/mol. The molecule has 1 unspecified atom stereocenters. The molecule has 2 aromatic rings. The maximum absolute atomic E-state index is 15.2. The van der Waals surface area contributed by atoms with Crippen LogP contribution in [0.5, 0.6) is 0 Å². The number of para-hydroxylation sites is 1. The van der Waals surface area contributed by atoms with Gasteiger partial charge in [-0.15, -0.1) is 0 Å². The van der Waals surface area contributed by atoms with Gasteiger partial charge in [-0.2, -0.15) is 5.26 Å². The molecule has 2 atom stereocenters. The first-order chi connectivity index (χ1) is 13.0. The molecule has 2 heterocycles. The van der Waals surface area contributed by atoms with Crippen molar-refractivity contribution in [2.75, 3.05) is 18.4 Å². The number of nitrogens with two attached hydrogens (primary N) is 1. The molecule has 0 radical (unpaired) electrons. The fourth-order valence-electron chi connectivity index (χ4n) is 3.57. The normalized spacial score (nSPS) is 23.8. The summed E-state index contributed by atoms with van der Waals surface area (Å²) in [6, 6.07) is 15.7. The molecule has 0 aromatic heterocycles. The quantitative estimate of drug-likeness (QED) is 0.813. The number of halogens is 1. The third-order valence-corrected chi connectivity index (χ3v) is 5.08. The lowest BCUT2D eigenvalue weighted by atomic mass is 9.91. The number of nitrogens with zero attached hydrogens (tertiary/aromatic N) is 3. The van der Waals surface area contributed by atoms with E-state index in [9.17, 15) is 4.79 Å². The Morgan fingerprint density at radius 2 is 2.04 bits per heavy atom. The van der Waals surface area contributed by atoms with Gasteiger partial charge in [0.25, 0.3) is 5.91 Å². The third kappa shape index (κ3) is 2.89. The molecular formula is C20H18FN5O. The highest BCUT2D eigenvalue weighted by Gasteiger charge is 2.47. The van der Waals surface area contributed by atoms with Crippen LogP contribution in [-0.2, 0) is 0 Å². The molecule has 1 fully saturated rings. The van der Waals surface area contributed by atoms with Gasteiger partial charge in [0.05, 0.1) is 18.2 Å². The molecular weight excluding hydrogens is 345 g/mol. The van der Waals surface area contributed by atoms with E-state index in [4.69, 9.17) is 11.0 Å². The lowest BCUT2D eigenvalue weighted by molar-refractivity contribution is 0.0494.